The van der Waals surface area contributed by atoms with E-state index in [9.17, 15) is 19.2 Å². The summed E-state index contributed by atoms with van der Waals surface area (Å²) in [6.07, 6.45) is 13.7. The molecule has 320 valence electrons. The van der Waals surface area contributed by atoms with Crippen molar-refractivity contribution in [3.05, 3.63) is 34.9 Å². The van der Waals surface area contributed by atoms with E-state index in [1.807, 2.05) is 57.4 Å². The quantitative estimate of drug-likeness (QED) is 0.363. The maximum absolute atomic E-state index is 13.8. The highest BCUT2D eigenvalue weighted by Crippen LogP contribution is 2.31. The standard InChI is InChI=1S/C29H44ClN5O3.C15H29N3O/c1-33(2)28(37)24-8-4-3-5-9-26(24)34-15-17-35(18-16-34)29(38)25(19-21-10-12-23(30)13-11-21)32-27(36)22-7-6-14-31-20-22;1-16(2)15(19)13-7-5-4-6-8-14(13)18-11-9-17(3)10-12-18/h10-13,22,24-26,31H,3-9,14-20H2,1-2H3,(H,32,36);13-14H,4-12H2,1-3H3/t22?,24?,25-,26?;/m1./s1. The zero-order valence-corrected chi connectivity index (χ0v) is 36.5. The van der Waals surface area contributed by atoms with E-state index < -0.39 is 6.04 Å². The van der Waals surface area contributed by atoms with Crippen LogP contribution in [-0.2, 0) is 25.6 Å². The van der Waals surface area contributed by atoms with E-state index >= 15 is 0 Å². The van der Waals surface area contributed by atoms with Gasteiger partial charge in [-0.1, -0.05) is 62.3 Å². The Bertz CT molecular complexity index is 1420. The number of amides is 4. The smallest absolute Gasteiger partial charge is 0.245 e. The number of benzene rings is 1. The lowest BCUT2D eigenvalue weighted by Gasteiger charge is -2.42. The monoisotopic (exact) mass is 813 g/mol. The van der Waals surface area contributed by atoms with Crippen LogP contribution in [0.4, 0.5) is 0 Å². The van der Waals surface area contributed by atoms with E-state index in [1.54, 1.807) is 9.80 Å². The van der Waals surface area contributed by atoms with Gasteiger partial charge in [-0.2, -0.15) is 0 Å². The predicted octanol–water partition coefficient (Wildman–Crippen LogP) is 3.82. The van der Waals surface area contributed by atoms with Crippen molar-refractivity contribution in [3.63, 3.8) is 0 Å². The summed E-state index contributed by atoms with van der Waals surface area (Å²) in [6.45, 7) is 8.83. The van der Waals surface area contributed by atoms with Crippen molar-refractivity contribution in [1.29, 1.82) is 0 Å². The number of piperazine rings is 2. The van der Waals surface area contributed by atoms with E-state index in [0.717, 1.165) is 96.3 Å². The van der Waals surface area contributed by atoms with Gasteiger partial charge in [0.1, 0.15) is 6.04 Å². The average Bonchev–Trinajstić information content (AvgIpc) is 3.63. The molecule has 57 heavy (non-hydrogen) atoms. The van der Waals surface area contributed by atoms with Crippen molar-refractivity contribution in [1.82, 2.24) is 40.0 Å². The number of piperidine rings is 1. The Hall–Kier alpha value is -2.77. The predicted molar refractivity (Wildman–Crippen MR) is 228 cm³/mol. The molecule has 3 saturated heterocycles. The number of hydrogen-bond donors (Lipinski definition) is 2. The molecule has 0 radical (unpaired) electrons. The number of nitrogens with zero attached hydrogens (tertiary/aromatic N) is 6. The van der Waals surface area contributed by atoms with Crippen molar-refractivity contribution >= 4 is 35.2 Å². The van der Waals surface area contributed by atoms with Gasteiger partial charge in [-0.15, -0.1) is 0 Å². The fourth-order valence-corrected chi connectivity index (χ4v) is 9.89. The highest BCUT2D eigenvalue weighted by molar-refractivity contribution is 6.30. The maximum Gasteiger partial charge on any atom is 0.245 e. The Balaban J connectivity index is 0.000000273. The Labute approximate surface area is 348 Å². The first-order valence-electron chi connectivity index (χ1n) is 22.1. The number of likely N-dealkylation sites (N-methyl/N-ethyl adjacent to an activating group) is 1. The third-order valence-corrected chi connectivity index (χ3v) is 13.5. The van der Waals surface area contributed by atoms with Crippen LogP contribution in [0.15, 0.2) is 24.3 Å². The number of rotatable bonds is 9. The molecule has 3 aliphatic heterocycles. The van der Waals surface area contributed by atoms with Crippen LogP contribution in [0.2, 0.25) is 5.02 Å². The van der Waals surface area contributed by atoms with E-state index in [0.29, 0.717) is 43.0 Å². The lowest BCUT2D eigenvalue weighted by Crippen LogP contribution is -2.59. The van der Waals surface area contributed by atoms with Gasteiger partial charge in [0.2, 0.25) is 23.6 Å². The maximum atomic E-state index is 13.8. The largest absolute Gasteiger partial charge is 0.349 e. The van der Waals surface area contributed by atoms with Crippen LogP contribution < -0.4 is 10.6 Å². The van der Waals surface area contributed by atoms with Crippen molar-refractivity contribution < 1.29 is 19.2 Å². The van der Waals surface area contributed by atoms with Crippen molar-refractivity contribution in [3.8, 4) is 0 Å². The van der Waals surface area contributed by atoms with Gasteiger partial charge >= 0.3 is 0 Å². The summed E-state index contributed by atoms with van der Waals surface area (Å²) in [5.74, 6) is 0.619. The van der Waals surface area contributed by atoms with Gasteiger partial charge in [0.15, 0.2) is 0 Å². The summed E-state index contributed by atoms with van der Waals surface area (Å²) in [7, 11) is 9.67. The molecule has 5 fully saturated rings. The molecule has 5 aliphatic rings. The number of carbonyl (C=O) groups is 4. The van der Waals surface area contributed by atoms with Crippen LogP contribution in [-0.4, -0.2) is 172 Å². The molecule has 2 aliphatic carbocycles. The second-order valence-corrected chi connectivity index (χ2v) is 18.2. The molecule has 0 spiro atoms. The minimum atomic E-state index is -0.613. The van der Waals surface area contributed by atoms with Gasteiger partial charge in [-0.3, -0.25) is 29.0 Å². The zero-order chi connectivity index (χ0) is 40.9. The SMILES string of the molecule is CN(C)C(=O)C1CCCCCC1N1CCN(C(=O)[C@@H](Cc2ccc(Cl)cc2)NC(=O)C2CCCNC2)CC1.CN1CCN(C2CCCCCC2C(=O)N(C)C)CC1. The molecule has 6 rings (SSSR count). The van der Waals surface area contributed by atoms with E-state index in [1.165, 1.54) is 32.1 Å². The molecule has 4 amide bonds. The fraction of sp³-hybridized carbons (Fsp3) is 0.773. The minimum absolute atomic E-state index is 0.0239. The Morgan fingerprint density at radius 1 is 0.702 bits per heavy atom. The number of halogens is 1. The lowest BCUT2D eigenvalue weighted by atomic mass is 9.91. The van der Waals surface area contributed by atoms with E-state index in [-0.39, 0.29) is 41.5 Å². The van der Waals surface area contributed by atoms with Gasteiger partial charge in [-0.25, -0.2) is 0 Å². The van der Waals surface area contributed by atoms with Crippen LogP contribution in [0, 0.1) is 17.8 Å². The summed E-state index contributed by atoms with van der Waals surface area (Å²) < 4.78 is 0. The minimum Gasteiger partial charge on any atom is -0.349 e. The normalized spacial score (nSPS) is 27.5. The molecule has 5 unspecified atom stereocenters. The van der Waals surface area contributed by atoms with Crippen LogP contribution in [0.5, 0.6) is 0 Å². The summed E-state index contributed by atoms with van der Waals surface area (Å²) in [6, 6.07) is 7.58. The second-order valence-electron chi connectivity index (χ2n) is 17.7. The van der Waals surface area contributed by atoms with Crippen LogP contribution in [0.3, 0.4) is 0 Å². The lowest BCUT2D eigenvalue weighted by molar-refractivity contribution is -0.141. The number of nitrogens with one attached hydrogen (secondary N) is 2. The highest BCUT2D eigenvalue weighted by Gasteiger charge is 2.38. The highest BCUT2D eigenvalue weighted by atomic mass is 35.5. The molecule has 0 bridgehead atoms. The Morgan fingerprint density at radius 2 is 1.21 bits per heavy atom. The summed E-state index contributed by atoms with van der Waals surface area (Å²) in [5.41, 5.74) is 0.969. The van der Waals surface area contributed by atoms with Crippen molar-refractivity contribution in [2.75, 3.05) is 101 Å². The molecular weight excluding hydrogens is 740 g/mol. The molecule has 2 N–H and O–H groups in total. The first-order valence-corrected chi connectivity index (χ1v) is 22.4. The zero-order valence-electron chi connectivity index (χ0n) is 35.7. The van der Waals surface area contributed by atoms with Crippen LogP contribution in [0.25, 0.3) is 0 Å². The van der Waals surface area contributed by atoms with Gasteiger partial charge in [0, 0.05) is 111 Å². The van der Waals surface area contributed by atoms with E-state index in [2.05, 4.69) is 32.4 Å². The third kappa shape index (κ3) is 13.1. The van der Waals surface area contributed by atoms with Gasteiger partial charge in [0.05, 0.1) is 17.8 Å². The first kappa shape index (κ1) is 45.3. The molecule has 13 heteroatoms. The number of carbonyl (C=O) groups excluding carboxylic acids is 4. The molecule has 1 aromatic carbocycles. The van der Waals surface area contributed by atoms with E-state index in [4.69, 9.17) is 11.6 Å². The van der Waals surface area contributed by atoms with Crippen molar-refractivity contribution in [2.24, 2.45) is 17.8 Å². The van der Waals surface area contributed by atoms with Gasteiger partial charge in [-0.05, 0) is 69.8 Å². The first-order chi connectivity index (χ1) is 27.4. The third-order valence-electron chi connectivity index (χ3n) is 13.2. The molecular formula is C44H73ClN8O4. The molecule has 6 atom stereocenters. The topological polar surface area (TPSA) is 112 Å². The molecule has 2 saturated carbocycles. The van der Waals surface area contributed by atoms with Crippen LogP contribution >= 0.6 is 11.6 Å². The summed E-state index contributed by atoms with van der Waals surface area (Å²) in [4.78, 5) is 65.1. The molecule has 12 nitrogen and oxygen atoms in total. The summed E-state index contributed by atoms with van der Waals surface area (Å²) in [5, 5.41) is 7.04. The van der Waals surface area contributed by atoms with Gasteiger partial charge in [0.25, 0.3) is 0 Å². The average molecular weight is 814 g/mol. The Kier molecular flexibility index (Phi) is 17.9. The molecule has 1 aromatic rings. The molecule has 0 aromatic heterocycles. The fourth-order valence-electron chi connectivity index (χ4n) is 9.76. The second kappa shape index (κ2) is 22.6. The van der Waals surface area contributed by atoms with Crippen molar-refractivity contribution in [2.45, 2.75) is 102 Å². The Morgan fingerprint density at radius 3 is 1.70 bits per heavy atom. The van der Waals surface area contributed by atoms with Gasteiger partial charge < -0.3 is 30.2 Å². The summed E-state index contributed by atoms with van der Waals surface area (Å²) >= 11 is 6.07. The number of hydrogen-bond acceptors (Lipinski definition) is 8. The molecule has 3 heterocycles. The van der Waals surface area contributed by atoms with Crippen LogP contribution in [0.1, 0.15) is 82.6 Å².